The summed E-state index contributed by atoms with van der Waals surface area (Å²) in [5, 5.41) is 0.272. The van der Waals surface area contributed by atoms with Crippen LogP contribution in [0.25, 0.3) is 10.9 Å². The first-order valence-corrected chi connectivity index (χ1v) is 17.4. The molecule has 2 saturated carbocycles. The highest BCUT2D eigenvalue weighted by Crippen LogP contribution is 2.57. The predicted octanol–water partition coefficient (Wildman–Crippen LogP) is 3.69. The van der Waals surface area contributed by atoms with Gasteiger partial charge in [0.05, 0.1) is 29.8 Å². The van der Waals surface area contributed by atoms with Gasteiger partial charge in [0, 0.05) is 49.6 Å². The monoisotopic (exact) mass is 659 g/mol. The first kappa shape index (κ1) is 29.5. The average Bonchev–Trinajstić information content (AvgIpc) is 3.29. The molecule has 8 heterocycles. The Bertz CT molecular complexity index is 1540. The molecule has 0 amide bonds. The number of nitrogens with zero attached hydrogens (tertiary/aromatic N) is 5. The Kier molecular flexibility index (Phi) is 7.21. The van der Waals surface area contributed by atoms with E-state index in [4.69, 9.17) is 40.8 Å². The van der Waals surface area contributed by atoms with Crippen LogP contribution in [0.2, 0.25) is 0 Å². The number of anilines is 1. The number of piperidine rings is 1. The molecule has 46 heavy (non-hydrogen) atoms. The number of hydrogen-bond acceptors (Lipinski definition) is 11. The zero-order valence-corrected chi connectivity index (χ0v) is 26.4. The van der Waals surface area contributed by atoms with E-state index >= 15 is 4.39 Å². The molecule has 10 rings (SSSR count). The molecule has 10 atom stereocenters. The molecule has 14 heteroatoms. The van der Waals surface area contributed by atoms with Crippen molar-refractivity contribution in [3.05, 3.63) is 17.7 Å². The van der Waals surface area contributed by atoms with Crippen molar-refractivity contribution in [2.24, 2.45) is 23.7 Å². The molecule has 0 spiro atoms. The van der Waals surface area contributed by atoms with Gasteiger partial charge in [0.2, 0.25) is 0 Å². The molecule has 2 N–H and O–H groups in total. The highest BCUT2D eigenvalue weighted by molar-refractivity contribution is 6.21. The number of nitrogens with one attached hydrogen (secondary N) is 2. The molecular weight excluding hydrogens is 620 g/mol. The van der Waals surface area contributed by atoms with Crippen molar-refractivity contribution >= 4 is 34.5 Å². The molecule has 248 valence electrons. The molecule has 6 fully saturated rings. The van der Waals surface area contributed by atoms with Gasteiger partial charge < -0.3 is 19.1 Å². The number of hydrogen-bond donors (Lipinski definition) is 2. The second kappa shape index (κ2) is 11.2. The van der Waals surface area contributed by atoms with E-state index in [1.165, 1.54) is 0 Å². The van der Waals surface area contributed by atoms with Crippen molar-refractivity contribution in [1.29, 1.82) is 0 Å². The largest absolute Gasteiger partial charge is 0.508 e. The van der Waals surface area contributed by atoms with Gasteiger partial charge in [-0.25, -0.2) is 13.6 Å². The van der Waals surface area contributed by atoms with Crippen LogP contribution in [-0.4, -0.2) is 101 Å². The summed E-state index contributed by atoms with van der Waals surface area (Å²) in [6.45, 7) is 3.42. The molecule has 11 nitrogen and oxygen atoms in total. The van der Waals surface area contributed by atoms with E-state index in [0.717, 1.165) is 38.6 Å². The van der Waals surface area contributed by atoms with E-state index < -0.39 is 29.8 Å². The van der Waals surface area contributed by atoms with Crippen LogP contribution in [0.3, 0.4) is 0 Å². The van der Waals surface area contributed by atoms with Gasteiger partial charge in [-0.1, -0.05) is 0 Å². The van der Waals surface area contributed by atoms with Crippen molar-refractivity contribution in [3.63, 3.8) is 0 Å². The summed E-state index contributed by atoms with van der Waals surface area (Å²) in [7, 11) is 0. The Labute approximate surface area is 271 Å². The number of rotatable bonds is 3. The summed E-state index contributed by atoms with van der Waals surface area (Å²) in [5.41, 5.74) is 6.75. The van der Waals surface area contributed by atoms with Crippen molar-refractivity contribution in [2.75, 3.05) is 50.8 Å². The molecular formula is C32H40ClF2N7O4. The van der Waals surface area contributed by atoms with Crippen LogP contribution in [0.1, 0.15) is 56.6 Å². The molecule has 2 aromatic rings. The lowest BCUT2D eigenvalue weighted by atomic mass is 9.66. The summed E-state index contributed by atoms with van der Waals surface area (Å²) >= 11 is 7.13. The minimum absolute atomic E-state index is 0.0507. The second-order valence-corrected chi connectivity index (χ2v) is 15.2. The first-order valence-electron chi connectivity index (χ1n) is 17.0. The predicted molar refractivity (Wildman–Crippen MR) is 164 cm³/mol. The number of ether oxygens (including phenoxy) is 3. The number of alkyl halides is 2. The van der Waals surface area contributed by atoms with Crippen LogP contribution in [0.15, 0.2) is 6.20 Å². The number of pyridine rings is 1. The standard InChI is InChI=1S/C32H40ClF2N7O4/c33-22-8-23-20(11-37-40-23)25-24(22)19-7-16(19)14-44-31(43)46-18-3-1-5-41(13-18)29-21-10-36-28(25)26(35)27(21)38-30(39-29)45-15-32-4-2-6-42(32)12-17(34)9-32/h10,16-20,22-25,37,40H,1-9,11-15H2/t16-,17-,18-,19+,20?,22?,23?,24?,25?,32+/m1/s1. The smallest absolute Gasteiger partial charge is 0.461 e. The van der Waals surface area contributed by atoms with Crippen molar-refractivity contribution < 1.29 is 27.8 Å². The summed E-state index contributed by atoms with van der Waals surface area (Å²) < 4.78 is 49.4. The number of carbonyl (C=O) groups is 1. The summed E-state index contributed by atoms with van der Waals surface area (Å²) in [6.07, 6.45) is 5.01. The number of carbonyl (C=O) groups excluding carboxylic acids is 1. The lowest BCUT2D eigenvalue weighted by Crippen LogP contribution is -2.46. The van der Waals surface area contributed by atoms with Gasteiger partial charge in [-0.2, -0.15) is 9.97 Å². The summed E-state index contributed by atoms with van der Waals surface area (Å²) in [5.74, 6) is 0.0962. The van der Waals surface area contributed by atoms with Gasteiger partial charge in [0.25, 0.3) is 0 Å². The van der Waals surface area contributed by atoms with E-state index in [9.17, 15) is 9.18 Å². The van der Waals surface area contributed by atoms with Crippen LogP contribution in [-0.2, 0) is 9.47 Å². The van der Waals surface area contributed by atoms with Gasteiger partial charge in [-0.3, -0.25) is 20.7 Å². The van der Waals surface area contributed by atoms with Crippen LogP contribution in [0, 0.1) is 29.5 Å². The van der Waals surface area contributed by atoms with Crippen LogP contribution >= 0.6 is 11.6 Å². The number of hydrazine groups is 1. The molecule has 6 bridgehead atoms. The van der Waals surface area contributed by atoms with Gasteiger partial charge in [0.1, 0.15) is 30.2 Å². The minimum Gasteiger partial charge on any atom is -0.461 e. The summed E-state index contributed by atoms with van der Waals surface area (Å²) in [4.78, 5) is 31.3. The van der Waals surface area contributed by atoms with Gasteiger partial charge >= 0.3 is 12.2 Å². The molecule has 5 unspecified atom stereocenters. The molecule has 0 radical (unpaired) electrons. The SMILES string of the molecule is O=C1OC[C@H]2C[C@@H]2C2C(Cl)CC3NNCC3C2c2ncc3c(nc(OC[C@@]45CCCN4C[C@H](F)C5)nc3c2F)N2CCC[C@H](C2)O1. The fraction of sp³-hybridized carbons (Fsp3) is 0.750. The van der Waals surface area contributed by atoms with Crippen LogP contribution in [0.4, 0.5) is 19.4 Å². The second-order valence-electron chi connectivity index (χ2n) is 14.6. The van der Waals surface area contributed by atoms with E-state index in [1.54, 1.807) is 6.20 Å². The van der Waals surface area contributed by atoms with Crippen molar-refractivity contribution in [3.8, 4) is 6.01 Å². The first-order chi connectivity index (χ1) is 22.4. The van der Waals surface area contributed by atoms with Crippen LogP contribution in [0.5, 0.6) is 6.01 Å². The molecule has 6 aliphatic heterocycles. The molecule has 8 aliphatic rings. The Balaban J connectivity index is 1.16. The Hall–Kier alpha value is -2.61. The number of aromatic nitrogens is 3. The van der Waals surface area contributed by atoms with E-state index in [2.05, 4.69) is 15.8 Å². The lowest BCUT2D eigenvalue weighted by molar-refractivity contribution is 0.0151. The molecule has 2 aromatic heterocycles. The van der Waals surface area contributed by atoms with Crippen LogP contribution < -0.4 is 20.5 Å². The number of fused-ring (bicyclic) bond motifs is 6. The third-order valence-electron chi connectivity index (χ3n) is 12.0. The fourth-order valence-corrected chi connectivity index (χ4v) is 10.3. The Morgan fingerprint density at radius 1 is 1.17 bits per heavy atom. The average molecular weight is 660 g/mol. The number of halogens is 3. The Morgan fingerprint density at radius 3 is 3.00 bits per heavy atom. The molecule has 0 aromatic carbocycles. The summed E-state index contributed by atoms with van der Waals surface area (Å²) in [6, 6.07) is 0.143. The van der Waals surface area contributed by atoms with Gasteiger partial charge in [-0.15, -0.1) is 11.6 Å². The van der Waals surface area contributed by atoms with Crippen molar-refractivity contribution in [2.45, 2.75) is 80.1 Å². The topological polar surface area (TPSA) is 114 Å². The zero-order chi connectivity index (χ0) is 31.2. The van der Waals surface area contributed by atoms with E-state index in [0.29, 0.717) is 55.9 Å². The van der Waals surface area contributed by atoms with Gasteiger partial charge in [-0.05, 0) is 68.7 Å². The highest BCUT2D eigenvalue weighted by atomic mass is 35.5. The third-order valence-corrected chi connectivity index (χ3v) is 12.4. The lowest BCUT2D eigenvalue weighted by Gasteiger charge is -2.42. The maximum Gasteiger partial charge on any atom is 0.508 e. The third kappa shape index (κ3) is 4.90. The molecule has 4 saturated heterocycles. The van der Waals surface area contributed by atoms with E-state index in [-0.39, 0.29) is 65.7 Å². The fourth-order valence-electron chi connectivity index (χ4n) is 9.73. The maximum atomic E-state index is 17.2. The highest BCUT2D eigenvalue weighted by Gasteiger charge is 2.57. The zero-order valence-electron chi connectivity index (χ0n) is 25.7. The Morgan fingerprint density at radius 2 is 2.09 bits per heavy atom. The normalized spacial score (nSPS) is 40.3. The van der Waals surface area contributed by atoms with E-state index in [1.807, 2.05) is 4.90 Å². The van der Waals surface area contributed by atoms with Crippen molar-refractivity contribution in [1.82, 2.24) is 30.7 Å². The minimum atomic E-state index is -0.893. The van der Waals surface area contributed by atoms with Gasteiger partial charge in [0.15, 0.2) is 5.82 Å². The maximum absolute atomic E-state index is 17.2. The molecule has 2 aliphatic carbocycles. The quantitative estimate of drug-likeness (QED) is 0.372.